The van der Waals surface area contributed by atoms with Crippen LogP contribution in [0.15, 0.2) is 35.3 Å². The molecule has 0 spiro atoms. The third kappa shape index (κ3) is 2.32. The maximum atomic E-state index is 9.03. The Hall–Kier alpha value is -1.88. The maximum absolute atomic E-state index is 9.03. The third-order valence-electron chi connectivity index (χ3n) is 1.97. The van der Waals surface area contributed by atoms with E-state index in [0.717, 1.165) is 5.76 Å². The van der Waals surface area contributed by atoms with Crippen molar-refractivity contribution in [3.8, 4) is 0 Å². The summed E-state index contributed by atoms with van der Waals surface area (Å²) in [6.07, 6.45) is 4.63. The quantitative estimate of drug-likeness (QED) is 0.784. The Bertz CT molecular complexity index is 414. The van der Waals surface area contributed by atoms with E-state index in [1.165, 1.54) is 6.33 Å². The lowest BCUT2D eigenvalue weighted by Gasteiger charge is -2.06. The lowest BCUT2D eigenvalue weighted by molar-refractivity contribution is 0.281. The van der Waals surface area contributed by atoms with Crippen LogP contribution in [0.4, 0.5) is 5.82 Å². The number of nitrogens with one attached hydrogen (secondary N) is 1. The summed E-state index contributed by atoms with van der Waals surface area (Å²) in [6.45, 7) is 0.457. The number of hydrogen-bond acceptors (Lipinski definition) is 5. The largest absolute Gasteiger partial charge is 0.467 e. The number of anilines is 1. The molecule has 5 heteroatoms. The molecule has 2 aromatic rings. The van der Waals surface area contributed by atoms with Crippen LogP contribution in [-0.2, 0) is 13.2 Å². The fourth-order valence-electron chi connectivity index (χ4n) is 1.22. The summed E-state index contributed by atoms with van der Waals surface area (Å²) in [5, 5.41) is 12.1. The van der Waals surface area contributed by atoms with E-state index in [4.69, 9.17) is 9.52 Å². The minimum Gasteiger partial charge on any atom is -0.467 e. The second-order valence-corrected chi connectivity index (χ2v) is 2.99. The normalized spacial score (nSPS) is 10.2. The van der Waals surface area contributed by atoms with Gasteiger partial charge in [0.2, 0.25) is 0 Å². The minimum atomic E-state index is -0.0820. The molecule has 0 fully saturated rings. The van der Waals surface area contributed by atoms with Gasteiger partial charge in [-0.2, -0.15) is 0 Å². The number of aliphatic hydroxyl groups is 1. The molecule has 2 aromatic heterocycles. The highest BCUT2D eigenvalue weighted by molar-refractivity contribution is 5.41. The molecule has 0 bridgehead atoms. The molecule has 2 rings (SSSR count). The number of furan rings is 1. The van der Waals surface area contributed by atoms with Gasteiger partial charge in [-0.1, -0.05) is 0 Å². The average molecular weight is 205 g/mol. The third-order valence-corrected chi connectivity index (χ3v) is 1.97. The van der Waals surface area contributed by atoms with E-state index in [9.17, 15) is 0 Å². The number of aliphatic hydroxyl groups excluding tert-OH is 1. The van der Waals surface area contributed by atoms with Crippen LogP contribution in [-0.4, -0.2) is 15.1 Å². The molecule has 0 aliphatic heterocycles. The SMILES string of the molecule is OCc1cncnc1NCc1ccco1. The van der Waals surface area contributed by atoms with E-state index in [0.29, 0.717) is 17.9 Å². The van der Waals surface area contributed by atoms with Crippen molar-refractivity contribution in [1.29, 1.82) is 0 Å². The molecule has 0 aromatic carbocycles. The second-order valence-electron chi connectivity index (χ2n) is 2.99. The van der Waals surface area contributed by atoms with E-state index in [-0.39, 0.29) is 6.61 Å². The molecule has 5 nitrogen and oxygen atoms in total. The molecular weight excluding hydrogens is 194 g/mol. The van der Waals surface area contributed by atoms with Gasteiger partial charge in [0.25, 0.3) is 0 Å². The van der Waals surface area contributed by atoms with Crippen molar-refractivity contribution >= 4 is 5.82 Å². The van der Waals surface area contributed by atoms with Crippen LogP contribution in [0, 0.1) is 0 Å². The van der Waals surface area contributed by atoms with Gasteiger partial charge in [0.1, 0.15) is 17.9 Å². The Kier molecular flexibility index (Phi) is 2.94. The standard InChI is InChI=1S/C10H11N3O2/c14-6-8-4-11-7-13-10(8)12-5-9-2-1-3-15-9/h1-4,7,14H,5-6H2,(H,11,12,13). The van der Waals surface area contributed by atoms with E-state index in [1.807, 2.05) is 12.1 Å². The van der Waals surface area contributed by atoms with Gasteiger partial charge >= 0.3 is 0 Å². The zero-order valence-electron chi connectivity index (χ0n) is 8.05. The summed E-state index contributed by atoms with van der Waals surface area (Å²) in [4.78, 5) is 7.85. The first kappa shape index (κ1) is 9.67. The van der Waals surface area contributed by atoms with Crippen LogP contribution in [0.1, 0.15) is 11.3 Å². The van der Waals surface area contributed by atoms with Crippen molar-refractivity contribution in [3.05, 3.63) is 42.2 Å². The molecule has 15 heavy (non-hydrogen) atoms. The molecule has 0 aliphatic carbocycles. The van der Waals surface area contributed by atoms with Crippen LogP contribution in [0.2, 0.25) is 0 Å². The molecular formula is C10H11N3O2. The smallest absolute Gasteiger partial charge is 0.135 e. The number of hydrogen-bond donors (Lipinski definition) is 2. The van der Waals surface area contributed by atoms with Crippen LogP contribution in [0.25, 0.3) is 0 Å². The fraction of sp³-hybridized carbons (Fsp3) is 0.200. The van der Waals surface area contributed by atoms with Gasteiger partial charge in [0.15, 0.2) is 0 Å². The maximum Gasteiger partial charge on any atom is 0.135 e. The number of aromatic nitrogens is 2. The van der Waals surface area contributed by atoms with Crippen LogP contribution in [0.3, 0.4) is 0 Å². The van der Waals surface area contributed by atoms with E-state index < -0.39 is 0 Å². The van der Waals surface area contributed by atoms with Crippen molar-refractivity contribution in [3.63, 3.8) is 0 Å². The average Bonchev–Trinajstić information content (AvgIpc) is 2.79. The van der Waals surface area contributed by atoms with Crippen LogP contribution >= 0.6 is 0 Å². The van der Waals surface area contributed by atoms with E-state index >= 15 is 0 Å². The lowest BCUT2D eigenvalue weighted by atomic mass is 10.3. The van der Waals surface area contributed by atoms with E-state index in [2.05, 4.69) is 15.3 Å². The Morgan fingerprint density at radius 2 is 2.40 bits per heavy atom. The zero-order chi connectivity index (χ0) is 10.5. The summed E-state index contributed by atoms with van der Waals surface area (Å²) in [6, 6.07) is 3.69. The van der Waals surface area contributed by atoms with Crippen molar-refractivity contribution in [2.45, 2.75) is 13.2 Å². The molecule has 0 unspecified atom stereocenters. The Morgan fingerprint density at radius 3 is 3.13 bits per heavy atom. The lowest BCUT2D eigenvalue weighted by Crippen LogP contribution is -2.04. The Balaban J connectivity index is 2.04. The molecule has 78 valence electrons. The summed E-state index contributed by atoms with van der Waals surface area (Å²) >= 11 is 0. The highest BCUT2D eigenvalue weighted by atomic mass is 16.3. The highest BCUT2D eigenvalue weighted by Crippen LogP contribution is 2.11. The highest BCUT2D eigenvalue weighted by Gasteiger charge is 2.02. The number of nitrogens with zero attached hydrogens (tertiary/aromatic N) is 2. The topological polar surface area (TPSA) is 71.2 Å². The molecule has 0 atom stereocenters. The monoisotopic (exact) mass is 205 g/mol. The van der Waals surface area contributed by atoms with Crippen molar-refractivity contribution < 1.29 is 9.52 Å². The van der Waals surface area contributed by atoms with Gasteiger partial charge in [0.05, 0.1) is 19.4 Å². The van der Waals surface area contributed by atoms with Crippen molar-refractivity contribution in [1.82, 2.24) is 9.97 Å². The van der Waals surface area contributed by atoms with Gasteiger partial charge in [-0.25, -0.2) is 9.97 Å². The Morgan fingerprint density at radius 1 is 1.47 bits per heavy atom. The van der Waals surface area contributed by atoms with Gasteiger partial charge in [-0.15, -0.1) is 0 Å². The predicted octanol–water partition coefficient (Wildman–Crippen LogP) is 1.17. The van der Waals surface area contributed by atoms with Crippen LogP contribution in [0.5, 0.6) is 0 Å². The second kappa shape index (κ2) is 4.56. The molecule has 0 saturated heterocycles. The molecule has 0 radical (unpaired) electrons. The van der Waals surface area contributed by atoms with E-state index in [1.54, 1.807) is 12.5 Å². The predicted molar refractivity (Wildman–Crippen MR) is 54.0 cm³/mol. The van der Waals surface area contributed by atoms with Crippen molar-refractivity contribution in [2.24, 2.45) is 0 Å². The Labute approximate surface area is 86.8 Å². The van der Waals surface area contributed by atoms with Gasteiger partial charge in [-0.3, -0.25) is 0 Å². The summed E-state index contributed by atoms with van der Waals surface area (Å²) < 4.78 is 5.16. The molecule has 2 N–H and O–H groups in total. The van der Waals surface area contributed by atoms with Crippen molar-refractivity contribution in [2.75, 3.05) is 5.32 Å². The van der Waals surface area contributed by atoms with Gasteiger partial charge in [-0.05, 0) is 12.1 Å². The summed E-state index contributed by atoms with van der Waals surface area (Å²) in [5.74, 6) is 1.45. The summed E-state index contributed by atoms with van der Waals surface area (Å²) in [5.41, 5.74) is 0.670. The molecule has 0 saturated carbocycles. The first-order valence-corrected chi connectivity index (χ1v) is 4.56. The summed E-state index contributed by atoms with van der Waals surface area (Å²) in [7, 11) is 0. The van der Waals surface area contributed by atoms with Gasteiger partial charge in [0, 0.05) is 11.8 Å². The molecule has 0 amide bonds. The minimum absolute atomic E-state index is 0.0820. The first-order chi connectivity index (χ1) is 7.40. The molecule has 0 aliphatic rings. The zero-order valence-corrected chi connectivity index (χ0v) is 8.05. The first-order valence-electron chi connectivity index (χ1n) is 4.56. The fourth-order valence-corrected chi connectivity index (χ4v) is 1.22. The van der Waals surface area contributed by atoms with Crippen LogP contribution < -0.4 is 5.32 Å². The van der Waals surface area contributed by atoms with Gasteiger partial charge < -0.3 is 14.8 Å². The molecule has 2 heterocycles. The number of rotatable bonds is 4.